The third kappa shape index (κ3) is 2.53. The summed E-state index contributed by atoms with van der Waals surface area (Å²) in [5.74, 6) is -1.20. The molecule has 1 aromatic heterocycles. The molecular formula is C15H10FNO2S. The minimum atomic E-state index is -0.944. The Hall–Kier alpha value is -2.27. The normalized spacial score (nSPS) is 10.8. The number of benzene rings is 2. The van der Waals surface area contributed by atoms with Crippen molar-refractivity contribution in [2.24, 2.45) is 0 Å². The molecule has 0 saturated heterocycles. The van der Waals surface area contributed by atoms with E-state index in [2.05, 4.69) is 4.98 Å². The molecule has 1 heterocycles. The second kappa shape index (κ2) is 5.02. The van der Waals surface area contributed by atoms with Gasteiger partial charge in [0.05, 0.1) is 20.8 Å². The van der Waals surface area contributed by atoms with Crippen molar-refractivity contribution in [3.05, 3.63) is 64.4 Å². The SMILES string of the molecule is O=C(O)c1ccc2nc(Cc3ccc(F)cc3)sc2c1. The number of hydrogen-bond acceptors (Lipinski definition) is 3. The largest absolute Gasteiger partial charge is 0.478 e. The van der Waals surface area contributed by atoms with E-state index in [0.717, 1.165) is 20.8 Å². The summed E-state index contributed by atoms with van der Waals surface area (Å²) in [6.07, 6.45) is 0.613. The van der Waals surface area contributed by atoms with Gasteiger partial charge in [-0.3, -0.25) is 0 Å². The molecule has 0 aliphatic carbocycles. The molecule has 0 atom stereocenters. The minimum absolute atomic E-state index is 0.259. The number of hydrogen-bond donors (Lipinski definition) is 1. The fraction of sp³-hybridized carbons (Fsp3) is 0.0667. The van der Waals surface area contributed by atoms with Crippen molar-refractivity contribution in [1.29, 1.82) is 0 Å². The van der Waals surface area contributed by atoms with Crippen LogP contribution in [0.3, 0.4) is 0 Å². The molecular weight excluding hydrogens is 277 g/mol. The molecule has 0 aliphatic rings. The topological polar surface area (TPSA) is 50.2 Å². The standard InChI is InChI=1S/C15H10FNO2S/c16-11-4-1-9(2-5-11)7-14-17-12-6-3-10(15(18)19)8-13(12)20-14/h1-6,8H,7H2,(H,18,19). The van der Waals surface area contributed by atoms with E-state index >= 15 is 0 Å². The maximum absolute atomic E-state index is 12.8. The van der Waals surface area contributed by atoms with E-state index < -0.39 is 5.97 Å². The van der Waals surface area contributed by atoms with Crippen molar-refractivity contribution in [2.75, 3.05) is 0 Å². The summed E-state index contributed by atoms with van der Waals surface area (Å²) in [6, 6.07) is 11.2. The maximum atomic E-state index is 12.8. The van der Waals surface area contributed by atoms with Crippen LogP contribution in [-0.2, 0) is 6.42 Å². The Balaban J connectivity index is 1.92. The smallest absolute Gasteiger partial charge is 0.335 e. The summed E-state index contributed by atoms with van der Waals surface area (Å²) in [5, 5.41) is 9.84. The van der Waals surface area contributed by atoms with Gasteiger partial charge in [-0.2, -0.15) is 0 Å². The Kier molecular flexibility index (Phi) is 3.20. The van der Waals surface area contributed by atoms with Crippen LogP contribution in [0.2, 0.25) is 0 Å². The monoisotopic (exact) mass is 287 g/mol. The average Bonchev–Trinajstić information content (AvgIpc) is 2.82. The first-order valence-corrected chi connectivity index (χ1v) is 6.81. The number of carboxylic acids is 1. The average molecular weight is 287 g/mol. The highest BCUT2D eigenvalue weighted by Gasteiger charge is 2.08. The van der Waals surface area contributed by atoms with Gasteiger partial charge in [0.25, 0.3) is 0 Å². The van der Waals surface area contributed by atoms with Crippen molar-refractivity contribution in [3.63, 3.8) is 0 Å². The van der Waals surface area contributed by atoms with Crippen LogP contribution in [0, 0.1) is 5.82 Å². The Morgan fingerprint density at radius 3 is 2.65 bits per heavy atom. The highest BCUT2D eigenvalue weighted by molar-refractivity contribution is 7.18. The van der Waals surface area contributed by atoms with Gasteiger partial charge in [0.1, 0.15) is 5.82 Å². The van der Waals surface area contributed by atoms with Crippen LogP contribution in [0.25, 0.3) is 10.2 Å². The second-order valence-corrected chi connectivity index (χ2v) is 5.51. The summed E-state index contributed by atoms with van der Waals surface area (Å²) >= 11 is 1.46. The first-order valence-electron chi connectivity index (χ1n) is 5.99. The molecule has 0 saturated carbocycles. The molecule has 0 bridgehead atoms. The van der Waals surface area contributed by atoms with Gasteiger partial charge in [-0.15, -0.1) is 11.3 Å². The molecule has 0 radical (unpaired) electrons. The predicted octanol–water partition coefficient (Wildman–Crippen LogP) is 3.72. The Bertz CT molecular complexity index is 780. The highest BCUT2D eigenvalue weighted by atomic mass is 32.1. The minimum Gasteiger partial charge on any atom is -0.478 e. The molecule has 0 aliphatic heterocycles. The van der Waals surface area contributed by atoms with Crippen molar-refractivity contribution >= 4 is 27.5 Å². The van der Waals surface area contributed by atoms with Crippen molar-refractivity contribution in [2.45, 2.75) is 6.42 Å². The number of thiazole rings is 1. The van der Waals surface area contributed by atoms with Gasteiger partial charge < -0.3 is 5.11 Å². The van der Waals surface area contributed by atoms with Crippen LogP contribution in [-0.4, -0.2) is 16.1 Å². The Labute approximate surface area is 118 Å². The zero-order valence-corrected chi connectivity index (χ0v) is 11.2. The highest BCUT2D eigenvalue weighted by Crippen LogP contribution is 2.25. The van der Waals surface area contributed by atoms with Gasteiger partial charge in [0, 0.05) is 6.42 Å². The number of carbonyl (C=O) groups is 1. The summed E-state index contributed by atoms with van der Waals surface area (Å²) in [5.41, 5.74) is 2.02. The fourth-order valence-electron chi connectivity index (χ4n) is 1.96. The number of fused-ring (bicyclic) bond motifs is 1. The van der Waals surface area contributed by atoms with E-state index in [0.29, 0.717) is 6.42 Å². The number of rotatable bonds is 3. The lowest BCUT2D eigenvalue weighted by molar-refractivity contribution is 0.0697. The molecule has 0 amide bonds. The lowest BCUT2D eigenvalue weighted by atomic mass is 10.1. The number of nitrogens with zero attached hydrogens (tertiary/aromatic N) is 1. The molecule has 100 valence electrons. The van der Waals surface area contributed by atoms with Crippen LogP contribution in [0.1, 0.15) is 20.9 Å². The summed E-state index contributed by atoms with van der Waals surface area (Å²) in [7, 11) is 0. The number of aromatic nitrogens is 1. The number of halogens is 1. The molecule has 1 N–H and O–H groups in total. The van der Waals surface area contributed by atoms with E-state index in [1.54, 1.807) is 30.3 Å². The Morgan fingerprint density at radius 1 is 1.20 bits per heavy atom. The van der Waals surface area contributed by atoms with E-state index in [9.17, 15) is 9.18 Å². The number of aromatic carboxylic acids is 1. The van der Waals surface area contributed by atoms with E-state index in [4.69, 9.17) is 5.11 Å². The van der Waals surface area contributed by atoms with Gasteiger partial charge in [-0.25, -0.2) is 14.2 Å². The first kappa shape index (κ1) is 12.7. The van der Waals surface area contributed by atoms with E-state index in [1.165, 1.54) is 23.5 Å². The molecule has 5 heteroatoms. The van der Waals surface area contributed by atoms with E-state index in [-0.39, 0.29) is 11.4 Å². The molecule has 0 unspecified atom stereocenters. The lowest BCUT2D eigenvalue weighted by Gasteiger charge is -1.96. The van der Waals surface area contributed by atoms with Crippen LogP contribution < -0.4 is 0 Å². The van der Waals surface area contributed by atoms with Crippen LogP contribution >= 0.6 is 11.3 Å². The zero-order chi connectivity index (χ0) is 14.1. The third-order valence-electron chi connectivity index (χ3n) is 2.95. The first-order chi connectivity index (χ1) is 9.61. The van der Waals surface area contributed by atoms with Crippen molar-refractivity contribution < 1.29 is 14.3 Å². The molecule has 3 rings (SSSR count). The molecule has 0 fully saturated rings. The van der Waals surface area contributed by atoms with Gasteiger partial charge >= 0.3 is 5.97 Å². The van der Waals surface area contributed by atoms with Crippen LogP contribution in [0.4, 0.5) is 4.39 Å². The number of carboxylic acid groups (broad SMARTS) is 1. The summed E-state index contributed by atoms with van der Waals surface area (Å²) < 4.78 is 13.7. The van der Waals surface area contributed by atoms with Crippen LogP contribution in [0.5, 0.6) is 0 Å². The van der Waals surface area contributed by atoms with Gasteiger partial charge in [0.2, 0.25) is 0 Å². The molecule has 20 heavy (non-hydrogen) atoms. The quantitative estimate of drug-likeness (QED) is 0.798. The summed E-state index contributed by atoms with van der Waals surface area (Å²) in [6.45, 7) is 0. The van der Waals surface area contributed by atoms with Crippen molar-refractivity contribution in [1.82, 2.24) is 4.98 Å². The van der Waals surface area contributed by atoms with Crippen LogP contribution in [0.15, 0.2) is 42.5 Å². The van der Waals surface area contributed by atoms with Gasteiger partial charge in [0.15, 0.2) is 0 Å². The molecule has 3 nitrogen and oxygen atoms in total. The second-order valence-electron chi connectivity index (χ2n) is 4.40. The lowest BCUT2D eigenvalue weighted by Crippen LogP contribution is -1.94. The third-order valence-corrected chi connectivity index (χ3v) is 3.97. The maximum Gasteiger partial charge on any atom is 0.335 e. The van der Waals surface area contributed by atoms with Gasteiger partial charge in [-0.1, -0.05) is 12.1 Å². The summed E-state index contributed by atoms with van der Waals surface area (Å²) in [4.78, 5) is 15.4. The zero-order valence-electron chi connectivity index (χ0n) is 10.3. The van der Waals surface area contributed by atoms with E-state index in [1.807, 2.05) is 0 Å². The molecule has 2 aromatic carbocycles. The molecule has 3 aromatic rings. The fourth-order valence-corrected chi connectivity index (χ4v) is 3.00. The predicted molar refractivity (Wildman–Crippen MR) is 75.8 cm³/mol. The molecule has 0 spiro atoms. The van der Waals surface area contributed by atoms with Gasteiger partial charge in [-0.05, 0) is 35.9 Å². The van der Waals surface area contributed by atoms with Crippen molar-refractivity contribution in [3.8, 4) is 0 Å². The Morgan fingerprint density at radius 2 is 1.95 bits per heavy atom.